The van der Waals surface area contributed by atoms with Gasteiger partial charge in [0.2, 0.25) is 5.91 Å². The molecule has 2 atom stereocenters. The number of hydrogen-bond donors (Lipinski definition) is 2. The van der Waals surface area contributed by atoms with Crippen LogP contribution in [0, 0.1) is 5.92 Å². The molecule has 0 heterocycles. The molecular formula is C17H25N3O2. The molecule has 0 aliphatic heterocycles. The van der Waals surface area contributed by atoms with Gasteiger partial charge in [0.1, 0.15) is 6.04 Å². The Morgan fingerprint density at radius 3 is 2.36 bits per heavy atom. The summed E-state index contributed by atoms with van der Waals surface area (Å²) in [6, 6.07) is 9.50. The van der Waals surface area contributed by atoms with E-state index in [-0.39, 0.29) is 18.0 Å². The molecule has 0 spiro atoms. The van der Waals surface area contributed by atoms with Gasteiger partial charge in [-0.1, -0.05) is 30.3 Å². The summed E-state index contributed by atoms with van der Waals surface area (Å²) < 4.78 is 0. The number of nitrogens with one attached hydrogen (secondary N) is 2. The van der Waals surface area contributed by atoms with Gasteiger partial charge in [-0.2, -0.15) is 0 Å². The zero-order valence-corrected chi connectivity index (χ0v) is 13.5. The number of carbonyl (C=O) groups is 2. The van der Waals surface area contributed by atoms with Gasteiger partial charge in [-0.15, -0.1) is 0 Å². The molecule has 3 amide bonds. The number of nitrogens with zero attached hydrogens (tertiary/aromatic N) is 1. The number of amides is 3. The zero-order chi connectivity index (χ0) is 16.1. The lowest BCUT2D eigenvalue weighted by Gasteiger charge is -2.22. The molecular weight excluding hydrogens is 278 g/mol. The Kier molecular flexibility index (Phi) is 5.41. The van der Waals surface area contributed by atoms with E-state index in [9.17, 15) is 9.59 Å². The van der Waals surface area contributed by atoms with Crippen LogP contribution in [0.15, 0.2) is 30.3 Å². The normalized spacial score (nSPS) is 16.5. The molecule has 2 N–H and O–H groups in total. The summed E-state index contributed by atoms with van der Waals surface area (Å²) in [4.78, 5) is 25.4. The second-order valence-electron chi connectivity index (χ2n) is 6.21. The van der Waals surface area contributed by atoms with Crippen molar-refractivity contribution in [3.63, 3.8) is 0 Å². The van der Waals surface area contributed by atoms with Crippen molar-refractivity contribution in [3.8, 4) is 0 Å². The summed E-state index contributed by atoms with van der Waals surface area (Å²) in [6.45, 7) is 1.70. The van der Waals surface area contributed by atoms with Crippen molar-refractivity contribution in [2.75, 3.05) is 14.1 Å². The average Bonchev–Trinajstić information content (AvgIpc) is 3.31. The molecule has 1 saturated carbocycles. The van der Waals surface area contributed by atoms with Crippen molar-refractivity contribution in [1.29, 1.82) is 0 Å². The summed E-state index contributed by atoms with van der Waals surface area (Å²) >= 11 is 0. The van der Waals surface area contributed by atoms with Crippen LogP contribution in [0.5, 0.6) is 0 Å². The van der Waals surface area contributed by atoms with E-state index in [1.54, 1.807) is 21.0 Å². The molecule has 5 nitrogen and oxygen atoms in total. The van der Waals surface area contributed by atoms with Crippen LogP contribution < -0.4 is 10.6 Å². The lowest BCUT2D eigenvalue weighted by molar-refractivity contribution is -0.130. The SMILES string of the molecule is C[C@@H](NC(=O)N[C@@H](Cc1ccccc1)C1CC1)C(=O)N(C)C. The zero-order valence-electron chi connectivity index (χ0n) is 13.5. The number of likely N-dealkylation sites (N-methyl/N-ethyl adjacent to an activating group) is 1. The van der Waals surface area contributed by atoms with Crippen LogP contribution in [-0.2, 0) is 11.2 Å². The lowest BCUT2D eigenvalue weighted by Crippen LogP contribution is -2.51. The Hall–Kier alpha value is -2.04. The predicted molar refractivity (Wildman–Crippen MR) is 86.5 cm³/mol. The molecule has 2 rings (SSSR count). The topological polar surface area (TPSA) is 61.4 Å². The minimum absolute atomic E-state index is 0.110. The van der Waals surface area contributed by atoms with Crippen LogP contribution in [0.25, 0.3) is 0 Å². The number of benzene rings is 1. The average molecular weight is 303 g/mol. The smallest absolute Gasteiger partial charge is 0.315 e. The second kappa shape index (κ2) is 7.29. The third-order valence-electron chi connectivity index (χ3n) is 3.96. The van der Waals surface area contributed by atoms with Crippen LogP contribution >= 0.6 is 0 Å². The number of hydrogen-bond acceptors (Lipinski definition) is 2. The monoisotopic (exact) mass is 303 g/mol. The van der Waals surface area contributed by atoms with Gasteiger partial charge < -0.3 is 15.5 Å². The molecule has 0 unspecified atom stereocenters. The number of carbonyl (C=O) groups excluding carboxylic acids is 2. The molecule has 0 bridgehead atoms. The molecule has 22 heavy (non-hydrogen) atoms. The highest BCUT2D eigenvalue weighted by molar-refractivity contribution is 5.86. The maximum atomic E-state index is 12.1. The van der Waals surface area contributed by atoms with Gasteiger partial charge in [0.25, 0.3) is 0 Å². The first-order valence-corrected chi connectivity index (χ1v) is 7.79. The standard InChI is InChI=1S/C17H25N3O2/c1-12(16(21)20(2)3)18-17(22)19-15(14-9-10-14)11-13-7-5-4-6-8-13/h4-8,12,14-15H,9-11H2,1-3H3,(H2,18,19,22)/t12-,15+/m1/s1. The van der Waals surface area contributed by atoms with Crippen LogP contribution in [0.3, 0.4) is 0 Å². The second-order valence-corrected chi connectivity index (χ2v) is 6.21. The molecule has 120 valence electrons. The largest absolute Gasteiger partial charge is 0.347 e. The van der Waals surface area contributed by atoms with E-state index in [1.807, 2.05) is 18.2 Å². The predicted octanol–water partition coefficient (Wildman–Crippen LogP) is 1.78. The van der Waals surface area contributed by atoms with Gasteiger partial charge in [0.15, 0.2) is 0 Å². The molecule has 0 saturated heterocycles. The van der Waals surface area contributed by atoms with Crippen LogP contribution in [0.2, 0.25) is 0 Å². The van der Waals surface area contributed by atoms with Crippen molar-refractivity contribution in [2.24, 2.45) is 5.92 Å². The van der Waals surface area contributed by atoms with E-state index in [0.29, 0.717) is 5.92 Å². The maximum Gasteiger partial charge on any atom is 0.315 e. The Bertz CT molecular complexity index is 512. The number of rotatable bonds is 6. The first-order valence-electron chi connectivity index (χ1n) is 7.79. The third-order valence-corrected chi connectivity index (χ3v) is 3.96. The molecule has 5 heteroatoms. The maximum absolute atomic E-state index is 12.1. The van der Waals surface area contributed by atoms with Crippen LogP contribution in [0.1, 0.15) is 25.3 Å². The summed E-state index contributed by atoms with van der Waals surface area (Å²) in [7, 11) is 3.36. The van der Waals surface area contributed by atoms with E-state index in [2.05, 4.69) is 22.8 Å². The van der Waals surface area contributed by atoms with Crippen molar-refractivity contribution in [1.82, 2.24) is 15.5 Å². The fraction of sp³-hybridized carbons (Fsp3) is 0.529. The quantitative estimate of drug-likeness (QED) is 0.841. The highest BCUT2D eigenvalue weighted by atomic mass is 16.2. The van der Waals surface area contributed by atoms with E-state index in [1.165, 1.54) is 10.5 Å². The van der Waals surface area contributed by atoms with Gasteiger partial charge >= 0.3 is 6.03 Å². The Morgan fingerprint density at radius 1 is 1.18 bits per heavy atom. The summed E-state index contributed by atoms with van der Waals surface area (Å²) in [5, 5.41) is 5.75. The van der Waals surface area contributed by atoms with Gasteiger partial charge in [0.05, 0.1) is 0 Å². The molecule has 0 aromatic heterocycles. The molecule has 1 aliphatic carbocycles. The first-order chi connectivity index (χ1) is 10.5. The van der Waals surface area contributed by atoms with Crippen molar-refractivity contribution in [3.05, 3.63) is 35.9 Å². The van der Waals surface area contributed by atoms with Crippen molar-refractivity contribution >= 4 is 11.9 Å². The Labute approximate surface area is 132 Å². The van der Waals surface area contributed by atoms with Gasteiger partial charge in [-0.3, -0.25) is 4.79 Å². The number of urea groups is 1. The van der Waals surface area contributed by atoms with Crippen molar-refractivity contribution in [2.45, 2.75) is 38.3 Å². The molecule has 1 aliphatic rings. The van der Waals surface area contributed by atoms with Gasteiger partial charge in [-0.25, -0.2) is 4.79 Å². The first kappa shape index (κ1) is 16.3. The van der Waals surface area contributed by atoms with E-state index >= 15 is 0 Å². The minimum atomic E-state index is -0.522. The van der Waals surface area contributed by atoms with Gasteiger partial charge in [-0.05, 0) is 37.7 Å². The Balaban J connectivity index is 1.88. The van der Waals surface area contributed by atoms with E-state index in [4.69, 9.17) is 0 Å². The summed E-state index contributed by atoms with van der Waals surface area (Å²) in [5.41, 5.74) is 1.22. The molecule has 1 fully saturated rings. The van der Waals surface area contributed by atoms with E-state index in [0.717, 1.165) is 19.3 Å². The summed E-state index contributed by atoms with van der Waals surface area (Å²) in [6.07, 6.45) is 3.14. The highest BCUT2D eigenvalue weighted by Gasteiger charge is 2.32. The van der Waals surface area contributed by atoms with Crippen LogP contribution in [0.4, 0.5) is 4.79 Å². The molecule has 1 aromatic carbocycles. The third kappa shape index (κ3) is 4.76. The minimum Gasteiger partial charge on any atom is -0.347 e. The molecule has 1 aromatic rings. The lowest BCUT2D eigenvalue weighted by atomic mass is 10.0. The Morgan fingerprint density at radius 2 is 1.82 bits per heavy atom. The van der Waals surface area contributed by atoms with E-state index < -0.39 is 6.04 Å². The van der Waals surface area contributed by atoms with Crippen LogP contribution in [-0.4, -0.2) is 43.0 Å². The van der Waals surface area contributed by atoms with Crippen molar-refractivity contribution < 1.29 is 9.59 Å². The highest BCUT2D eigenvalue weighted by Crippen LogP contribution is 2.34. The van der Waals surface area contributed by atoms with Gasteiger partial charge in [0, 0.05) is 20.1 Å². The fourth-order valence-corrected chi connectivity index (χ4v) is 2.56. The summed E-state index contributed by atoms with van der Waals surface area (Å²) in [5.74, 6) is 0.437. The molecule has 0 radical (unpaired) electrons. The fourth-order valence-electron chi connectivity index (χ4n) is 2.56.